The van der Waals surface area contributed by atoms with E-state index >= 15 is 0 Å². The Kier molecular flexibility index (Phi) is 5.18. The van der Waals surface area contributed by atoms with Crippen molar-refractivity contribution in [3.05, 3.63) is 81.1 Å². The summed E-state index contributed by atoms with van der Waals surface area (Å²) in [6.45, 7) is 1.89. The summed E-state index contributed by atoms with van der Waals surface area (Å²) >= 11 is 6.06. The van der Waals surface area contributed by atoms with E-state index in [2.05, 4.69) is 10.5 Å². The third kappa shape index (κ3) is 3.35. The lowest BCUT2D eigenvalue weighted by Crippen LogP contribution is -2.29. The molecule has 3 aromatic rings. The molecular formula is C25H23ClN2O4. The molecule has 0 amide bonds. The number of allylic oxidation sites excluding steroid dienone is 2. The summed E-state index contributed by atoms with van der Waals surface area (Å²) in [5, 5.41) is 8.22. The molecular weight excluding hydrogens is 428 g/mol. The molecule has 0 saturated carbocycles. The lowest BCUT2D eigenvalue weighted by atomic mass is 9.72. The van der Waals surface area contributed by atoms with Gasteiger partial charge in [-0.15, -0.1) is 0 Å². The highest BCUT2D eigenvalue weighted by molar-refractivity contribution is 6.30. The number of carbonyl (C=O) groups excluding carboxylic acids is 1. The molecule has 0 saturated heterocycles. The summed E-state index contributed by atoms with van der Waals surface area (Å²) in [6.07, 6.45) is 1.11. The van der Waals surface area contributed by atoms with E-state index < -0.39 is 0 Å². The molecule has 1 aromatic heterocycles. The monoisotopic (exact) mass is 450 g/mol. The van der Waals surface area contributed by atoms with Crippen LogP contribution in [0.4, 0.5) is 5.88 Å². The van der Waals surface area contributed by atoms with Crippen molar-refractivity contribution in [1.82, 2.24) is 5.16 Å². The topological polar surface area (TPSA) is 73.6 Å². The van der Waals surface area contributed by atoms with Gasteiger partial charge in [0.25, 0.3) is 0 Å². The van der Waals surface area contributed by atoms with Crippen molar-refractivity contribution in [2.45, 2.75) is 31.6 Å². The summed E-state index contributed by atoms with van der Waals surface area (Å²) in [7, 11) is 3.25. The molecule has 2 heterocycles. The number of hydrogen-bond acceptors (Lipinski definition) is 6. The number of ketones is 1. The van der Waals surface area contributed by atoms with E-state index in [0.29, 0.717) is 35.2 Å². The zero-order valence-electron chi connectivity index (χ0n) is 18.1. The largest absolute Gasteiger partial charge is 0.497 e. The van der Waals surface area contributed by atoms with E-state index in [1.165, 1.54) is 0 Å². The second-order valence-electron chi connectivity index (χ2n) is 8.15. The molecule has 7 heteroatoms. The van der Waals surface area contributed by atoms with Crippen molar-refractivity contribution in [3.63, 3.8) is 0 Å². The standard InChI is InChI=1S/C25H23ClN2O4/c1-13-22-23(18-12-17(30-2)8-9-21(18)31-3)24-19(27-25(22)32-28-13)10-15(11-20(24)29)14-4-6-16(26)7-5-14/h4-9,12,15,23,27H,10-11H2,1-3H3/t15-,23-/m1/s1. The maximum Gasteiger partial charge on any atom is 0.233 e. The Bertz CT molecular complexity index is 1230. The number of hydrogen-bond donors (Lipinski definition) is 1. The molecule has 0 bridgehead atoms. The van der Waals surface area contributed by atoms with Crippen LogP contribution in [0.2, 0.25) is 5.02 Å². The Morgan fingerprint density at radius 1 is 1.09 bits per heavy atom. The van der Waals surface area contributed by atoms with Gasteiger partial charge in [0.15, 0.2) is 5.78 Å². The Hall–Kier alpha value is -3.25. The molecule has 2 aliphatic rings. The number of fused-ring (bicyclic) bond motifs is 1. The van der Waals surface area contributed by atoms with Crippen molar-refractivity contribution < 1.29 is 18.8 Å². The number of aromatic nitrogens is 1. The fraction of sp³-hybridized carbons (Fsp3) is 0.280. The normalized spacial score (nSPS) is 19.8. The van der Waals surface area contributed by atoms with Crippen LogP contribution in [0.5, 0.6) is 11.5 Å². The number of benzene rings is 2. The number of rotatable bonds is 4. The number of nitrogens with zero attached hydrogens (tertiary/aromatic N) is 1. The average Bonchev–Trinajstić information content (AvgIpc) is 3.17. The van der Waals surface area contributed by atoms with Crippen LogP contribution in [-0.2, 0) is 4.79 Å². The summed E-state index contributed by atoms with van der Waals surface area (Å²) in [5.41, 5.74) is 5.13. The summed E-state index contributed by atoms with van der Waals surface area (Å²) in [5.74, 6) is 1.75. The molecule has 1 N–H and O–H groups in total. The number of ether oxygens (including phenoxy) is 2. The molecule has 1 aliphatic carbocycles. The number of Topliss-reactive ketones (excluding diaryl/α,β-unsaturated/α-hetero) is 1. The van der Waals surface area contributed by atoms with E-state index in [0.717, 1.165) is 33.7 Å². The van der Waals surface area contributed by atoms with Gasteiger partial charge in [-0.05, 0) is 55.2 Å². The summed E-state index contributed by atoms with van der Waals surface area (Å²) in [6, 6.07) is 13.3. The van der Waals surface area contributed by atoms with Gasteiger partial charge in [-0.2, -0.15) is 0 Å². The van der Waals surface area contributed by atoms with Gasteiger partial charge >= 0.3 is 0 Å². The van der Waals surface area contributed by atoms with Gasteiger partial charge in [-0.25, -0.2) is 0 Å². The number of carbonyl (C=O) groups is 1. The van der Waals surface area contributed by atoms with Crippen LogP contribution in [0, 0.1) is 6.92 Å². The predicted molar refractivity (Wildman–Crippen MR) is 122 cm³/mol. The van der Waals surface area contributed by atoms with Gasteiger partial charge in [0.2, 0.25) is 5.88 Å². The number of halogens is 1. The van der Waals surface area contributed by atoms with Crippen LogP contribution in [0.25, 0.3) is 0 Å². The number of aryl methyl sites for hydroxylation is 1. The Morgan fingerprint density at radius 3 is 2.59 bits per heavy atom. The van der Waals surface area contributed by atoms with Gasteiger partial charge < -0.3 is 19.3 Å². The van der Waals surface area contributed by atoms with E-state index in [1.807, 2.05) is 49.4 Å². The molecule has 0 unspecified atom stereocenters. The van der Waals surface area contributed by atoms with Gasteiger partial charge in [-0.1, -0.05) is 28.9 Å². The molecule has 2 atom stereocenters. The van der Waals surface area contributed by atoms with E-state index in [4.69, 9.17) is 25.6 Å². The molecule has 32 heavy (non-hydrogen) atoms. The summed E-state index contributed by atoms with van der Waals surface area (Å²) < 4.78 is 16.8. The first kappa shape index (κ1) is 20.6. The first-order valence-electron chi connectivity index (χ1n) is 10.5. The molecule has 0 spiro atoms. The maximum absolute atomic E-state index is 13.6. The van der Waals surface area contributed by atoms with Gasteiger partial charge in [0.05, 0.1) is 31.4 Å². The van der Waals surface area contributed by atoms with Gasteiger partial charge in [0.1, 0.15) is 11.5 Å². The summed E-state index contributed by atoms with van der Waals surface area (Å²) in [4.78, 5) is 13.6. The van der Waals surface area contributed by atoms with Crippen molar-refractivity contribution in [1.29, 1.82) is 0 Å². The van der Waals surface area contributed by atoms with Crippen LogP contribution in [0.15, 0.2) is 58.3 Å². The zero-order chi connectivity index (χ0) is 22.4. The Morgan fingerprint density at radius 2 is 1.88 bits per heavy atom. The van der Waals surface area contributed by atoms with Crippen LogP contribution in [0.1, 0.15) is 47.1 Å². The highest BCUT2D eigenvalue weighted by Gasteiger charge is 2.42. The average molecular weight is 451 g/mol. The lowest BCUT2D eigenvalue weighted by Gasteiger charge is -2.35. The van der Waals surface area contributed by atoms with Crippen molar-refractivity contribution in [2.75, 3.05) is 19.5 Å². The number of anilines is 1. The van der Waals surface area contributed by atoms with Crippen LogP contribution in [0.3, 0.4) is 0 Å². The van der Waals surface area contributed by atoms with Crippen LogP contribution >= 0.6 is 11.6 Å². The van der Waals surface area contributed by atoms with Crippen molar-refractivity contribution in [2.24, 2.45) is 0 Å². The molecule has 2 aromatic carbocycles. The zero-order valence-corrected chi connectivity index (χ0v) is 18.8. The minimum atomic E-state index is -0.351. The fourth-order valence-corrected chi connectivity index (χ4v) is 4.95. The van der Waals surface area contributed by atoms with Crippen LogP contribution < -0.4 is 14.8 Å². The lowest BCUT2D eigenvalue weighted by molar-refractivity contribution is -0.116. The highest BCUT2D eigenvalue weighted by Crippen LogP contribution is 2.51. The maximum atomic E-state index is 13.6. The van der Waals surface area contributed by atoms with Crippen LogP contribution in [-0.4, -0.2) is 25.2 Å². The predicted octanol–water partition coefficient (Wildman–Crippen LogP) is 5.61. The van der Waals surface area contributed by atoms with Gasteiger partial charge in [0, 0.05) is 28.3 Å². The van der Waals surface area contributed by atoms with E-state index in [-0.39, 0.29) is 17.6 Å². The number of methoxy groups -OCH3 is 2. The Balaban J connectivity index is 1.65. The molecule has 1 aliphatic heterocycles. The number of nitrogens with one attached hydrogen (secondary N) is 1. The minimum absolute atomic E-state index is 0.0597. The van der Waals surface area contributed by atoms with Crippen molar-refractivity contribution in [3.8, 4) is 11.5 Å². The molecule has 5 rings (SSSR count). The quantitative estimate of drug-likeness (QED) is 0.556. The minimum Gasteiger partial charge on any atom is -0.497 e. The van der Waals surface area contributed by atoms with E-state index in [1.54, 1.807) is 14.2 Å². The first-order chi connectivity index (χ1) is 15.5. The van der Waals surface area contributed by atoms with Crippen molar-refractivity contribution >= 4 is 23.3 Å². The molecule has 6 nitrogen and oxygen atoms in total. The smallest absolute Gasteiger partial charge is 0.233 e. The second kappa shape index (κ2) is 8.02. The molecule has 0 radical (unpaired) electrons. The van der Waals surface area contributed by atoms with E-state index in [9.17, 15) is 4.79 Å². The second-order valence-corrected chi connectivity index (χ2v) is 8.59. The third-order valence-corrected chi connectivity index (χ3v) is 6.60. The molecule has 164 valence electrons. The third-order valence-electron chi connectivity index (χ3n) is 6.35. The SMILES string of the molecule is COc1ccc(OC)c([C@H]2C3=C(C[C@@H](c4ccc(Cl)cc4)CC3=O)Nc3onc(C)c32)c1. The Labute approximate surface area is 191 Å². The highest BCUT2D eigenvalue weighted by atomic mass is 35.5. The first-order valence-corrected chi connectivity index (χ1v) is 10.8. The van der Waals surface area contributed by atoms with Gasteiger partial charge in [-0.3, -0.25) is 4.79 Å². The fourth-order valence-electron chi connectivity index (χ4n) is 4.82. The molecule has 0 fully saturated rings.